The molecule has 0 saturated carbocycles. The van der Waals surface area contributed by atoms with E-state index in [1.165, 1.54) is 4.90 Å². The second-order valence-electron chi connectivity index (χ2n) is 7.83. The van der Waals surface area contributed by atoms with Crippen molar-refractivity contribution in [1.29, 1.82) is 5.26 Å². The van der Waals surface area contributed by atoms with Gasteiger partial charge in [0.15, 0.2) is 0 Å². The van der Waals surface area contributed by atoms with E-state index in [9.17, 15) is 19.6 Å². The Morgan fingerprint density at radius 1 is 1.28 bits per heavy atom. The van der Waals surface area contributed by atoms with Gasteiger partial charge in [-0.25, -0.2) is 0 Å². The standard InChI is InChI=1S/C22H26N4O4S2/c1-3-8-25-19(24-9-4-5-10-24)15(14(2)16(13-23)20(25)29)12-17-21(30)26(22(31)32-17)11-6-7-18(27)28/h12H,3-11H2,1-2H3,(H,27,28). The van der Waals surface area contributed by atoms with Crippen LogP contribution in [-0.2, 0) is 16.1 Å². The first-order valence-electron chi connectivity index (χ1n) is 10.7. The second kappa shape index (κ2) is 10.3. The third kappa shape index (κ3) is 4.74. The monoisotopic (exact) mass is 474 g/mol. The molecule has 2 saturated heterocycles. The lowest BCUT2D eigenvalue weighted by molar-refractivity contribution is -0.137. The highest BCUT2D eigenvalue weighted by Gasteiger charge is 2.33. The minimum absolute atomic E-state index is 0.0398. The number of carboxylic acids is 1. The maximum absolute atomic E-state index is 13.1. The summed E-state index contributed by atoms with van der Waals surface area (Å²) in [6.07, 6.45) is 4.79. The molecule has 3 rings (SSSR count). The van der Waals surface area contributed by atoms with Gasteiger partial charge in [0.25, 0.3) is 11.5 Å². The van der Waals surface area contributed by atoms with Crippen LogP contribution in [0.2, 0.25) is 0 Å². The number of carbonyl (C=O) groups is 2. The number of hydrogen-bond acceptors (Lipinski definition) is 7. The molecule has 0 aliphatic carbocycles. The summed E-state index contributed by atoms with van der Waals surface area (Å²) in [5, 5.41) is 18.5. The number of rotatable bonds is 8. The molecule has 170 valence electrons. The zero-order valence-corrected chi connectivity index (χ0v) is 19.9. The van der Waals surface area contributed by atoms with Gasteiger partial charge < -0.3 is 10.0 Å². The molecule has 2 aliphatic rings. The Balaban J connectivity index is 2.09. The third-order valence-corrected chi connectivity index (χ3v) is 7.00. The molecule has 0 atom stereocenters. The van der Waals surface area contributed by atoms with Crippen molar-refractivity contribution in [2.75, 3.05) is 24.5 Å². The number of nitriles is 1. The van der Waals surface area contributed by atoms with Crippen molar-refractivity contribution in [2.45, 2.75) is 52.5 Å². The normalized spacial score (nSPS) is 17.5. The van der Waals surface area contributed by atoms with Gasteiger partial charge in [0, 0.05) is 38.2 Å². The first kappa shape index (κ1) is 24.0. The Kier molecular flexibility index (Phi) is 7.74. The number of hydrogen-bond donors (Lipinski definition) is 1. The number of aliphatic carboxylic acids is 1. The summed E-state index contributed by atoms with van der Waals surface area (Å²) in [5.41, 5.74) is 1.04. The predicted octanol–water partition coefficient (Wildman–Crippen LogP) is 3.10. The molecule has 0 radical (unpaired) electrons. The number of carboxylic acid groups (broad SMARTS) is 1. The SMILES string of the molecule is CCCn1c(N2CCCC2)c(C=C2SC(=S)N(CCCC(=O)O)C2=O)c(C)c(C#N)c1=O. The molecule has 0 bridgehead atoms. The molecule has 32 heavy (non-hydrogen) atoms. The average Bonchev–Trinajstić information content (AvgIpc) is 3.36. The molecular weight excluding hydrogens is 448 g/mol. The molecule has 0 aromatic carbocycles. The Bertz CT molecular complexity index is 1080. The summed E-state index contributed by atoms with van der Waals surface area (Å²) in [6.45, 7) is 6.07. The van der Waals surface area contributed by atoms with Gasteiger partial charge in [-0.2, -0.15) is 5.26 Å². The molecular formula is C22H26N4O4S2. The van der Waals surface area contributed by atoms with Crippen molar-refractivity contribution in [3.05, 3.63) is 31.9 Å². The third-order valence-electron chi connectivity index (χ3n) is 5.62. The molecule has 1 aromatic rings. The molecule has 0 spiro atoms. The summed E-state index contributed by atoms with van der Waals surface area (Å²) in [7, 11) is 0. The van der Waals surface area contributed by atoms with E-state index >= 15 is 0 Å². The molecule has 2 fully saturated rings. The van der Waals surface area contributed by atoms with E-state index < -0.39 is 5.97 Å². The van der Waals surface area contributed by atoms with Crippen LogP contribution >= 0.6 is 24.0 Å². The van der Waals surface area contributed by atoms with Crippen LogP contribution in [0.3, 0.4) is 0 Å². The van der Waals surface area contributed by atoms with Crippen LogP contribution in [0.4, 0.5) is 5.82 Å². The summed E-state index contributed by atoms with van der Waals surface area (Å²) in [5.74, 6) is -0.440. The second-order valence-corrected chi connectivity index (χ2v) is 9.51. The van der Waals surface area contributed by atoms with E-state index in [1.807, 2.05) is 13.0 Å². The fourth-order valence-electron chi connectivity index (χ4n) is 4.06. The van der Waals surface area contributed by atoms with Crippen molar-refractivity contribution >= 4 is 52.1 Å². The fourth-order valence-corrected chi connectivity index (χ4v) is 5.35. The largest absolute Gasteiger partial charge is 0.481 e. The van der Waals surface area contributed by atoms with Gasteiger partial charge in [-0.3, -0.25) is 23.9 Å². The number of carbonyl (C=O) groups excluding carboxylic acids is 1. The van der Waals surface area contributed by atoms with Crippen LogP contribution in [0.15, 0.2) is 9.70 Å². The van der Waals surface area contributed by atoms with E-state index in [0.717, 1.165) is 49.9 Å². The zero-order valence-electron chi connectivity index (χ0n) is 18.2. The van der Waals surface area contributed by atoms with Crippen LogP contribution in [0.1, 0.15) is 55.7 Å². The Morgan fingerprint density at radius 3 is 2.56 bits per heavy atom. The molecule has 1 amide bonds. The Labute approximate surface area is 196 Å². The maximum atomic E-state index is 13.1. The van der Waals surface area contributed by atoms with Gasteiger partial charge in [0.1, 0.15) is 21.8 Å². The van der Waals surface area contributed by atoms with E-state index in [-0.39, 0.29) is 30.0 Å². The number of aromatic nitrogens is 1. The smallest absolute Gasteiger partial charge is 0.303 e. The summed E-state index contributed by atoms with van der Waals surface area (Å²) < 4.78 is 2.05. The van der Waals surface area contributed by atoms with Gasteiger partial charge in [0.2, 0.25) is 0 Å². The van der Waals surface area contributed by atoms with Crippen LogP contribution in [0.5, 0.6) is 0 Å². The van der Waals surface area contributed by atoms with Crippen LogP contribution in [-0.4, -0.2) is 50.4 Å². The van der Waals surface area contributed by atoms with Crippen molar-refractivity contribution in [2.24, 2.45) is 0 Å². The van der Waals surface area contributed by atoms with Crippen LogP contribution in [0.25, 0.3) is 6.08 Å². The molecule has 0 unspecified atom stereocenters. The first-order chi connectivity index (χ1) is 15.3. The topological polar surface area (TPSA) is 107 Å². The highest BCUT2D eigenvalue weighted by molar-refractivity contribution is 8.26. The minimum atomic E-state index is -0.918. The van der Waals surface area contributed by atoms with Gasteiger partial charge in [-0.1, -0.05) is 30.9 Å². The van der Waals surface area contributed by atoms with E-state index in [2.05, 4.69) is 4.90 Å². The highest BCUT2D eigenvalue weighted by Crippen LogP contribution is 2.36. The number of amides is 1. The van der Waals surface area contributed by atoms with Crippen molar-refractivity contribution < 1.29 is 14.7 Å². The van der Waals surface area contributed by atoms with E-state index in [1.54, 1.807) is 17.6 Å². The lowest BCUT2D eigenvalue weighted by atomic mass is 10.0. The summed E-state index contributed by atoms with van der Waals surface area (Å²) >= 11 is 6.53. The number of thioether (sulfide) groups is 1. The number of pyridine rings is 1. The lowest BCUT2D eigenvalue weighted by Gasteiger charge is -2.26. The molecule has 3 heterocycles. The molecule has 2 aliphatic heterocycles. The van der Waals surface area contributed by atoms with Crippen molar-refractivity contribution in [3.63, 3.8) is 0 Å². The minimum Gasteiger partial charge on any atom is -0.481 e. The van der Waals surface area contributed by atoms with Gasteiger partial charge in [-0.05, 0) is 44.2 Å². The molecule has 10 heteroatoms. The van der Waals surface area contributed by atoms with Gasteiger partial charge in [0.05, 0.1) is 4.91 Å². The van der Waals surface area contributed by atoms with Gasteiger partial charge in [-0.15, -0.1) is 0 Å². The van der Waals surface area contributed by atoms with Crippen LogP contribution < -0.4 is 10.5 Å². The van der Waals surface area contributed by atoms with E-state index in [0.29, 0.717) is 33.3 Å². The van der Waals surface area contributed by atoms with Crippen LogP contribution in [0, 0.1) is 18.3 Å². The van der Waals surface area contributed by atoms with Crippen molar-refractivity contribution in [3.8, 4) is 6.07 Å². The number of thiocarbonyl (C=S) groups is 1. The lowest BCUT2D eigenvalue weighted by Crippen LogP contribution is -2.33. The first-order valence-corrected chi connectivity index (χ1v) is 11.9. The Morgan fingerprint density at radius 2 is 1.97 bits per heavy atom. The van der Waals surface area contributed by atoms with E-state index in [4.69, 9.17) is 17.3 Å². The predicted molar refractivity (Wildman–Crippen MR) is 129 cm³/mol. The zero-order chi connectivity index (χ0) is 23.4. The number of anilines is 1. The fraction of sp³-hybridized carbons (Fsp3) is 0.500. The number of nitrogens with zero attached hydrogens (tertiary/aromatic N) is 4. The molecule has 1 N–H and O–H groups in total. The molecule has 1 aromatic heterocycles. The molecule has 8 nitrogen and oxygen atoms in total. The Hall–Kier alpha value is -2.64. The maximum Gasteiger partial charge on any atom is 0.303 e. The average molecular weight is 475 g/mol. The summed E-state index contributed by atoms with van der Waals surface area (Å²) in [4.78, 5) is 40.9. The van der Waals surface area contributed by atoms with Crippen molar-refractivity contribution in [1.82, 2.24) is 9.47 Å². The quantitative estimate of drug-likeness (QED) is 0.452. The van der Waals surface area contributed by atoms with Gasteiger partial charge >= 0.3 is 5.97 Å². The highest BCUT2D eigenvalue weighted by atomic mass is 32.2. The summed E-state index contributed by atoms with van der Waals surface area (Å²) in [6, 6.07) is 2.05.